The lowest BCUT2D eigenvalue weighted by Crippen LogP contribution is -2.36. The largest absolute Gasteiger partial charge is 0.478 e. The Balaban J connectivity index is 2.33. The minimum Gasteiger partial charge on any atom is -0.478 e. The van der Waals surface area contributed by atoms with E-state index in [4.69, 9.17) is 0 Å². The van der Waals surface area contributed by atoms with E-state index in [2.05, 4.69) is 18.7 Å². The Morgan fingerprint density at radius 2 is 2.19 bits per heavy atom. The Morgan fingerprint density at radius 1 is 1.43 bits per heavy atom. The van der Waals surface area contributed by atoms with Crippen LogP contribution in [0.3, 0.4) is 0 Å². The van der Waals surface area contributed by atoms with Gasteiger partial charge in [0.2, 0.25) is 0 Å². The number of thioether (sulfide) groups is 1. The van der Waals surface area contributed by atoms with Crippen molar-refractivity contribution in [1.82, 2.24) is 0 Å². The van der Waals surface area contributed by atoms with Gasteiger partial charge in [-0.15, -0.1) is 11.8 Å². The first-order valence-corrected chi connectivity index (χ1v) is 8.75. The summed E-state index contributed by atoms with van der Waals surface area (Å²) in [4.78, 5) is 14.8. The number of carboxylic acid groups (broad SMARTS) is 1. The summed E-state index contributed by atoms with van der Waals surface area (Å²) in [7, 11) is 2.05. The van der Waals surface area contributed by atoms with Crippen LogP contribution >= 0.6 is 11.8 Å². The first-order valence-electron chi connectivity index (χ1n) is 7.76. The van der Waals surface area contributed by atoms with E-state index in [1.165, 1.54) is 12.8 Å². The number of carboxylic acids is 1. The summed E-state index contributed by atoms with van der Waals surface area (Å²) >= 11 is 1.60. The summed E-state index contributed by atoms with van der Waals surface area (Å²) in [5.74, 6) is 0.790. The number of hydrogen-bond acceptors (Lipinski definition) is 3. The third kappa shape index (κ3) is 3.73. The quantitative estimate of drug-likeness (QED) is 0.812. The van der Waals surface area contributed by atoms with Crippen LogP contribution in [-0.2, 0) is 0 Å². The molecule has 0 amide bonds. The first-order chi connectivity index (χ1) is 10.0. The fraction of sp³-hybridized carbons (Fsp3) is 0.588. The van der Waals surface area contributed by atoms with Gasteiger partial charge >= 0.3 is 5.97 Å². The highest BCUT2D eigenvalue weighted by atomic mass is 32.2. The maximum Gasteiger partial charge on any atom is 0.338 e. The second-order valence-electron chi connectivity index (χ2n) is 5.92. The molecule has 1 aliphatic rings. The molecule has 2 rings (SSSR count). The number of benzene rings is 1. The van der Waals surface area contributed by atoms with Crippen molar-refractivity contribution in [3.8, 4) is 0 Å². The molecule has 0 aliphatic heterocycles. The molecular formula is C17H25NO2S. The Labute approximate surface area is 131 Å². The van der Waals surface area contributed by atoms with E-state index in [0.717, 1.165) is 35.1 Å². The Kier molecular flexibility index (Phi) is 5.57. The summed E-state index contributed by atoms with van der Waals surface area (Å²) in [5, 5.41) is 9.63. The number of aromatic carboxylic acids is 1. The van der Waals surface area contributed by atoms with Crippen molar-refractivity contribution in [2.75, 3.05) is 17.7 Å². The van der Waals surface area contributed by atoms with Gasteiger partial charge in [-0.3, -0.25) is 0 Å². The number of carbonyl (C=O) groups is 1. The van der Waals surface area contributed by atoms with Gasteiger partial charge in [0.1, 0.15) is 0 Å². The zero-order valence-corrected chi connectivity index (χ0v) is 13.9. The molecular weight excluding hydrogens is 282 g/mol. The molecule has 1 aromatic carbocycles. The summed E-state index contributed by atoms with van der Waals surface area (Å²) in [6.07, 6.45) is 4.84. The third-order valence-corrected chi connectivity index (χ3v) is 5.29. The first kappa shape index (κ1) is 16.2. The van der Waals surface area contributed by atoms with Gasteiger partial charge in [-0.05, 0) is 36.6 Å². The van der Waals surface area contributed by atoms with E-state index < -0.39 is 5.97 Å². The fourth-order valence-corrected chi connectivity index (χ4v) is 4.08. The van der Waals surface area contributed by atoms with Gasteiger partial charge in [-0.2, -0.15) is 0 Å². The fourth-order valence-electron chi connectivity index (χ4n) is 3.25. The summed E-state index contributed by atoms with van der Waals surface area (Å²) in [5.41, 5.74) is 1.32. The second-order valence-corrected chi connectivity index (χ2v) is 7.23. The van der Waals surface area contributed by atoms with E-state index in [1.807, 2.05) is 25.2 Å². The summed E-state index contributed by atoms with van der Waals surface area (Å²) < 4.78 is 0. The van der Waals surface area contributed by atoms with Gasteiger partial charge in [0.05, 0.1) is 11.3 Å². The highest BCUT2D eigenvalue weighted by molar-refractivity contribution is 7.99. The molecule has 1 fully saturated rings. The van der Waals surface area contributed by atoms with Gasteiger partial charge in [0.25, 0.3) is 0 Å². The average molecular weight is 307 g/mol. The van der Waals surface area contributed by atoms with Crippen LogP contribution in [0.5, 0.6) is 0 Å². The molecule has 116 valence electrons. The number of nitrogens with zero attached hydrogens (tertiary/aromatic N) is 1. The maximum absolute atomic E-state index is 11.7. The maximum atomic E-state index is 11.7. The van der Waals surface area contributed by atoms with Crippen molar-refractivity contribution in [2.24, 2.45) is 5.92 Å². The van der Waals surface area contributed by atoms with Crippen LogP contribution in [0.1, 0.15) is 49.9 Å². The Hall–Kier alpha value is -1.16. The molecule has 0 aromatic heterocycles. The smallest absolute Gasteiger partial charge is 0.338 e. The zero-order chi connectivity index (χ0) is 15.4. The lowest BCUT2D eigenvalue weighted by Gasteiger charge is -2.36. The second kappa shape index (κ2) is 7.21. The molecule has 1 N–H and O–H groups in total. The monoisotopic (exact) mass is 307 g/mol. The third-order valence-electron chi connectivity index (χ3n) is 4.35. The van der Waals surface area contributed by atoms with Crippen LogP contribution in [-0.4, -0.2) is 29.9 Å². The highest BCUT2D eigenvalue weighted by Crippen LogP contribution is 2.35. The van der Waals surface area contributed by atoms with E-state index in [-0.39, 0.29) is 0 Å². The standard InChI is InChI=1S/C17H25NO2S/c1-4-21-15-10-6-9-14(16(15)17(19)20)18(3)13-8-5-7-12(2)11-13/h6,9-10,12-13H,4-5,7-8,11H2,1-3H3,(H,19,20). The molecule has 0 radical (unpaired) electrons. The van der Waals surface area contributed by atoms with E-state index >= 15 is 0 Å². The lowest BCUT2D eigenvalue weighted by molar-refractivity contribution is 0.0693. The van der Waals surface area contributed by atoms with Crippen molar-refractivity contribution in [3.63, 3.8) is 0 Å². The molecule has 1 aromatic rings. The molecule has 21 heavy (non-hydrogen) atoms. The molecule has 3 nitrogen and oxygen atoms in total. The molecule has 0 saturated heterocycles. The van der Waals surface area contributed by atoms with E-state index in [1.54, 1.807) is 11.8 Å². The van der Waals surface area contributed by atoms with Gasteiger partial charge in [-0.25, -0.2) is 4.79 Å². The van der Waals surface area contributed by atoms with E-state index in [9.17, 15) is 9.90 Å². The minimum atomic E-state index is -0.822. The predicted octanol–water partition coefficient (Wildman–Crippen LogP) is 4.51. The molecule has 1 aliphatic carbocycles. The van der Waals surface area contributed by atoms with Crippen LogP contribution in [0, 0.1) is 5.92 Å². The van der Waals surface area contributed by atoms with Crippen molar-refractivity contribution < 1.29 is 9.90 Å². The molecule has 0 bridgehead atoms. The molecule has 2 atom stereocenters. The minimum absolute atomic E-state index is 0.453. The van der Waals surface area contributed by atoms with Crippen molar-refractivity contribution in [1.29, 1.82) is 0 Å². The highest BCUT2D eigenvalue weighted by Gasteiger charge is 2.26. The van der Waals surface area contributed by atoms with Gasteiger partial charge in [0.15, 0.2) is 0 Å². The van der Waals surface area contributed by atoms with Crippen LogP contribution in [0.15, 0.2) is 23.1 Å². The molecule has 0 heterocycles. The Morgan fingerprint density at radius 3 is 2.81 bits per heavy atom. The normalized spacial score (nSPS) is 22.0. The molecule has 4 heteroatoms. The average Bonchev–Trinajstić information content (AvgIpc) is 2.46. The van der Waals surface area contributed by atoms with Crippen LogP contribution in [0.25, 0.3) is 0 Å². The predicted molar refractivity (Wildman–Crippen MR) is 89.6 cm³/mol. The van der Waals surface area contributed by atoms with Crippen molar-refractivity contribution >= 4 is 23.4 Å². The molecule has 1 saturated carbocycles. The zero-order valence-electron chi connectivity index (χ0n) is 13.1. The van der Waals surface area contributed by atoms with Crippen LogP contribution < -0.4 is 4.90 Å². The van der Waals surface area contributed by atoms with Crippen molar-refractivity contribution in [3.05, 3.63) is 23.8 Å². The summed E-state index contributed by atoms with van der Waals surface area (Å²) in [6, 6.07) is 6.29. The number of rotatable bonds is 5. The van der Waals surface area contributed by atoms with Crippen molar-refractivity contribution in [2.45, 2.75) is 50.5 Å². The topological polar surface area (TPSA) is 40.5 Å². The summed E-state index contributed by atoms with van der Waals surface area (Å²) in [6.45, 7) is 4.34. The lowest BCUT2D eigenvalue weighted by atomic mass is 9.86. The Bertz CT molecular complexity index is 504. The van der Waals surface area contributed by atoms with Gasteiger partial charge in [-0.1, -0.05) is 32.8 Å². The van der Waals surface area contributed by atoms with E-state index in [0.29, 0.717) is 11.6 Å². The molecule has 0 spiro atoms. The SMILES string of the molecule is CCSc1cccc(N(C)C2CCCC(C)C2)c1C(=O)O. The van der Waals surface area contributed by atoms with Crippen LogP contribution in [0.4, 0.5) is 5.69 Å². The van der Waals surface area contributed by atoms with Crippen LogP contribution in [0.2, 0.25) is 0 Å². The number of anilines is 1. The number of hydrogen-bond donors (Lipinski definition) is 1. The van der Waals surface area contributed by atoms with Gasteiger partial charge in [0, 0.05) is 18.0 Å². The van der Waals surface area contributed by atoms with Gasteiger partial charge < -0.3 is 10.0 Å². The molecule has 2 unspecified atom stereocenters.